The highest BCUT2D eigenvalue weighted by Crippen LogP contribution is 2.31. The molecule has 104 valence electrons. The van der Waals surface area contributed by atoms with Crippen molar-refractivity contribution >= 4 is 35.8 Å². The van der Waals surface area contributed by atoms with Crippen LogP contribution in [0.2, 0.25) is 0 Å². The molecule has 7 heteroatoms. The summed E-state index contributed by atoms with van der Waals surface area (Å²) in [6.45, 7) is 0.534. The number of hydrogen-bond acceptors (Lipinski definition) is 3. The van der Waals surface area contributed by atoms with Crippen LogP contribution in [0.3, 0.4) is 0 Å². The number of fused-ring (bicyclic) bond motifs is 1. The summed E-state index contributed by atoms with van der Waals surface area (Å²) in [4.78, 5) is 15.3. The van der Waals surface area contributed by atoms with E-state index in [-0.39, 0.29) is 48.4 Å². The highest BCUT2D eigenvalue weighted by atomic mass is 127. The number of nitrogens with one attached hydrogen (secondary N) is 1. The Hall–Kier alpha value is -1.51. The van der Waals surface area contributed by atoms with E-state index in [0.29, 0.717) is 6.61 Å². The molecule has 1 atom stereocenters. The molecule has 0 radical (unpaired) electrons. The molecular formula is C12H17IN4O2. The van der Waals surface area contributed by atoms with Gasteiger partial charge in [-0.2, -0.15) is 0 Å². The Morgan fingerprint density at radius 2 is 2.16 bits per heavy atom. The Morgan fingerprint density at radius 3 is 2.89 bits per heavy atom. The second kappa shape index (κ2) is 7.17. The highest BCUT2D eigenvalue weighted by Gasteiger charge is 2.22. The fourth-order valence-corrected chi connectivity index (χ4v) is 1.90. The third kappa shape index (κ3) is 4.27. The fourth-order valence-electron chi connectivity index (χ4n) is 1.90. The first-order valence-electron chi connectivity index (χ1n) is 5.73. The van der Waals surface area contributed by atoms with Gasteiger partial charge >= 0.3 is 0 Å². The molecule has 0 fully saturated rings. The first-order valence-corrected chi connectivity index (χ1v) is 5.73. The standard InChI is InChI=1S/C12H16N4O2.HI/c13-12(14)15-7-11(17)16-9-5-6-18-10-4-2-1-3-8(9)10;/h1-4,9H,5-7H2,(H,16,17)(H4,13,14,15);1H. The number of hydrogen-bond donors (Lipinski definition) is 3. The van der Waals surface area contributed by atoms with Gasteiger partial charge < -0.3 is 21.5 Å². The summed E-state index contributed by atoms with van der Waals surface area (Å²) in [6.07, 6.45) is 0.741. The Bertz CT molecular complexity index is 475. The third-order valence-corrected chi connectivity index (χ3v) is 2.70. The Morgan fingerprint density at radius 1 is 1.42 bits per heavy atom. The van der Waals surface area contributed by atoms with E-state index in [1.807, 2.05) is 24.3 Å². The lowest BCUT2D eigenvalue weighted by Crippen LogP contribution is -2.34. The van der Waals surface area contributed by atoms with Crippen molar-refractivity contribution in [3.63, 3.8) is 0 Å². The van der Waals surface area contributed by atoms with E-state index >= 15 is 0 Å². The number of nitrogens with two attached hydrogens (primary N) is 2. The molecule has 0 saturated heterocycles. The lowest BCUT2D eigenvalue weighted by molar-refractivity contribution is -0.120. The van der Waals surface area contributed by atoms with E-state index in [4.69, 9.17) is 16.2 Å². The molecule has 1 aromatic rings. The summed E-state index contributed by atoms with van der Waals surface area (Å²) in [7, 11) is 0. The second-order valence-corrected chi connectivity index (χ2v) is 4.04. The first kappa shape index (κ1) is 15.5. The van der Waals surface area contributed by atoms with Crippen molar-refractivity contribution in [2.24, 2.45) is 16.5 Å². The van der Waals surface area contributed by atoms with Gasteiger partial charge in [0.1, 0.15) is 12.3 Å². The van der Waals surface area contributed by atoms with E-state index in [1.54, 1.807) is 0 Å². The maximum absolute atomic E-state index is 11.7. The van der Waals surface area contributed by atoms with Crippen LogP contribution >= 0.6 is 24.0 Å². The van der Waals surface area contributed by atoms with Gasteiger partial charge in [-0.25, -0.2) is 4.99 Å². The maximum Gasteiger partial charge on any atom is 0.242 e. The molecule has 19 heavy (non-hydrogen) atoms. The molecule has 5 N–H and O–H groups in total. The Kier molecular flexibility index (Phi) is 5.87. The zero-order chi connectivity index (χ0) is 13.0. The normalized spacial score (nSPS) is 16.3. The van der Waals surface area contributed by atoms with E-state index in [9.17, 15) is 4.79 Å². The van der Waals surface area contributed by atoms with E-state index in [2.05, 4.69) is 10.3 Å². The highest BCUT2D eigenvalue weighted by molar-refractivity contribution is 14.0. The molecule has 6 nitrogen and oxygen atoms in total. The van der Waals surface area contributed by atoms with Crippen LogP contribution < -0.4 is 21.5 Å². The van der Waals surface area contributed by atoms with Crippen LogP contribution in [0.5, 0.6) is 5.75 Å². The number of amides is 1. The summed E-state index contributed by atoms with van der Waals surface area (Å²) in [5, 5.41) is 2.89. The average molecular weight is 376 g/mol. The van der Waals surface area contributed by atoms with Crippen molar-refractivity contribution in [2.75, 3.05) is 13.2 Å². The molecule has 0 aromatic heterocycles. The van der Waals surface area contributed by atoms with Crippen LogP contribution in [0.25, 0.3) is 0 Å². The Balaban J connectivity index is 0.00000180. The predicted octanol–water partition coefficient (Wildman–Crippen LogP) is 0.518. The molecular weight excluding hydrogens is 359 g/mol. The van der Waals surface area contributed by atoms with Gasteiger partial charge in [-0.3, -0.25) is 4.79 Å². The zero-order valence-electron chi connectivity index (χ0n) is 10.3. The maximum atomic E-state index is 11.7. The molecule has 1 aliphatic heterocycles. The minimum absolute atomic E-state index is 0. The van der Waals surface area contributed by atoms with Crippen molar-refractivity contribution in [2.45, 2.75) is 12.5 Å². The van der Waals surface area contributed by atoms with E-state index in [0.717, 1.165) is 17.7 Å². The molecule has 0 bridgehead atoms. The van der Waals surface area contributed by atoms with Gasteiger partial charge in [0.05, 0.1) is 12.6 Å². The zero-order valence-corrected chi connectivity index (χ0v) is 12.7. The minimum Gasteiger partial charge on any atom is -0.493 e. The summed E-state index contributed by atoms with van der Waals surface area (Å²) >= 11 is 0. The van der Waals surface area contributed by atoms with Gasteiger partial charge in [-0.1, -0.05) is 18.2 Å². The SMILES string of the molecule is I.NC(N)=NCC(=O)NC1CCOc2ccccc21. The van der Waals surface area contributed by atoms with Gasteiger partial charge in [-0.15, -0.1) is 24.0 Å². The van der Waals surface area contributed by atoms with Crippen LogP contribution in [0.1, 0.15) is 18.0 Å². The lowest BCUT2D eigenvalue weighted by Gasteiger charge is -2.26. The number of carbonyl (C=O) groups is 1. The number of ether oxygens (including phenoxy) is 1. The summed E-state index contributed by atoms with van der Waals surface area (Å²) in [6, 6.07) is 7.62. The van der Waals surface area contributed by atoms with Gasteiger partial charge in [0, 0.05) is 12.0 Å². The minimum atomic E-state index is -0.204. The van der Waals surface area contributed by atoms with Crippen molar-refractivity contribution < 1.29 is 9.53 Å². The number of benzene rings is 1. The van der Waals surface area contributed by atoms with Gasteiger partial charge in [0.25, 0.3) is 0 Å². The van der Waals surface area contributed by atoms with Crippen molar-refractivity contribution in [1.82, 2.24) is 5.32 Å². The monoisotopic (exact) mass is 376 g/mol. The largest absolute Gasteiger partial charge is 0.493 e. The summed E-state index contributed by atoms with van der Waals surface area (Å²) in [5.41, 5.74) is 11.3. The predicted molar refractivity (Wildman–Crippen MR) is 83.5 cm³/mol. The van der Waals surface area contributed by atoms with Crippen LogP contribution in [0.4, 0.5) is 0 Å². The molecule has 0 spiro atoms. The molecule has 1 aromatic carbocycles. The first-order chi connectivity index (χ1) is 8.66. The van der Waals surface area contributed by atoms with Crippen molar-refractivity contribution in [1.29, 1.82) is 0 Å². The molecule has 1 heterocycles. The van der Waals surface area contributed by atoms with Gasteiger partial charge in [-0.05, 0) is 6.07 Å². The second-order valence-electron chi connectivity index (χ2n) is 4.04. The fraction of sp³-hybridized carbons (Fsp3) is 0.333. The molecule has 1 aliphatic rings. The molecule has 1 amide bonds. The third-order valence-electron chi connectivity index (χ3n) is 2.70. The number of nitrogens with zero attached hydrogens (tertiary/aromatic N) is 1. The van der Waals surface area contributed by atoms with E-state index in [1.165, 1.54) is 0 Å². The quantitative estimate of drug-likeness (QED) is 0.407. The Labute approximate surface area is 128 Å². The van der Waals surface area contributed by atoms with Crippen LogP contribution in [-0.2, 0) is 4.79 Å². The molecule has 0 aliphatic carbocycles. The number of aliphatic imine (C=N–C) groups is 1. The number of rotatable bonds is 3. The number of guanidine groups is 1. The topological polar surface area (TPSA) is 103 Å². The van der Waals surface area contributed by atoms with Crippen molar-refractivity contribution in [3.8, 4) is 5.75 Å². The number of para-hydroxylation sites is 1. The summed E-state index contributed by atoms with van der Waals surface area (Å²) < 4.78 is 5.51. The van der Waals surface area contributed by atoms with Gasteiger partial charge in [0.2, 0.25) is 5.91 Å². The lowest BCUT2D eigenvalue weighted by atomic mass is 10.0. The summed E-state index contributed by atoms with van der Waals surface area (Å²) in [5.74, 6) is 0.526. The van der Waals surface area contributed by atoms with Crippen LogP contribution in [-0.4, -0.2) is 25.0 Å². The smallest absolute Gasteiger partial charge is 0.242 e. The van der Waals surface area contributed by atoms with E-state index < -0.39 is 0 Å². The number of halogens is 1. The number of carbonyl (C=O) groups excluding carboxylic acids is 1. The molecule has 0 saturated carbocycles. The van der Waals surface area contributed by atoms with Crippen molar-refractivity contribution in [3.05, 3.63) is 29.8 Å². The average Bonchev–Trinajstić information content (AvgIpc) is 2.37. The van der Waals surface area contributed by atoms with Gasteiger partial charge in [0.15, 0.2) is 5.96 Å². The van der Waals surface area contributed by atoms with Crippen LogP contribution in [0.15, 0.2) is 29.3 Å². The molecule has 1 unspecified atom stereocenters. The molecule has 2 rings (SSSR count). The van der Waals surface area contributed by atoms with Crippen LogP contribution in [0, 0.1) is 0 Å².